The summed E-state index contributed by atoms with van der Waals surface area (Å²) < 4.78 is 11.2. The van der Waals surface area contributed by atoms with Crippen molar-refractivity contribution in [2.45, 2.75) is 5.22 Å². The highest BCUT2D eigenvalue weighted by Gasteiger charge is 2.14. The number of nitrogens with one attached hydrogen (secondary N) is 1. The van der Waals surface area contributed by atoms with E-state index in [1.54, 1.807) is 11.8 Å². The standard InChI is InChI=1S/C14H17N5O2S2/c1-15-11-6-9(12(17-16-2)20-8-22-3)5-10(7-11)13-18-19-14(21-13)23-4/h5-7,15H,2,8H2,1,3-4H3/b17-12-. The Morgan fingerprint density at radius 3 is 2.78 bits per heavy atom. The summed E-state index contributed by atoms with van der Waals surface area (Å²) in [4.78, 5) is 0. The Kier molecular flexibility index (Phi) is 6.48. The molecule has 9 heteroatoms. The van der Waals surface area contributed by atoms with Crippen molar-refractivity contribution in [3.05, 3.63) is 23.8 Å². The third kappa shape index (κ3) is 4.49. The van der Waals surface area contributed by atoms with Crippen LogP contribution in [-0.4, -0.2) is 48.3 Å². The van der Waals surface area contributed by atoms with Crippen molar-refractivity contribution in [2.24, 2.45) is 10.2 Å². The summed E-state index contributed by atoms with van der Waals surface area (Å²) in [6.07, 6.45) is 3.82. The molecule has 1 aromatic carbocycles. The van der Waals surface area contributed by atoms with Crippen molar-refractivity contribution in [3.63, 3.8) is 0 Å². The van der Waals surface area contributed by atoms with Crippen LogP contribution in [0.3, 0.4) is 0 Å². The van der Waals surface area contributed by atoms with Crippen LogP contribution in [0.2, 0.25) is 0 Å². The second-order valence-corrected chi connectivity index (χ2v) is 5.79. The molecule has 0 atom stereocenters. The fraction of sp³-hybridized carbons (Fsp3) is 0.286. The Morgan fingerprint density at radius 2 is 2.17 bits per heavy atom. The molecule has 7 nitrogen and oxygen atoms in total. The van der Waals surface area contributed by atoms with Crippen molar-refractivity contribution in [3.8, 4) is 11.5 Å². The Bertz CT molecular complexity index is 702. The predicted molar refractivity (Wildman–Crippen MR) is 96.6 cm³/mol. The number of rotatable bonds is 7. The zero-order chi connectivity index (χ0) is 16.7. The molecular weight excluding hydrogens is 334 g/mol. The van der Waals surface area contributed by atoms with Crippen molar-refractivity contribution in [1.29, 1.82) is 0 Å². The first-order valence-electron chi connectivity index (χ1n) is 6.58. The van der Waals surface area contributed by atoms with Crippen LogP contribution in [0.15, 0.2) is 38.0 Å². The van der Waals surface area contributed by atoms with Gasteiger partial charge in [-0.3, -0.25) is 0 Å². The Labute approximate surface area is 143 Å². The van der Waals surface area contributed by atoms with Gasteiger partial charge in [0.1, 0.15) is 5.94 Å². The van der Waals surface area contributed by atoms with Crippen molar-refractivity contribution in [2.75, 3.05) is 30.8 Å². The maximum atomic E-state index is 5.62. The summed E-state index contributed by atoms with van der Waals surface area (Å²) in [5.74, 6) is 1.28. The maximum Gasteiger partial charge on any atom is 0.276 e. The van der Waals surface area contributed by atoms with Gasteiger partial charge in [-0.15, -0.1) is 27.1 Å². The fourth-order valence-electron chi connectivity index (χ4n) is 1.78. The van der Waals surface area contributed by atoms with Gasteiger partial charge < -0.3 is 14.5 Å². The lowest BCUT2D eigenvalue weighted by Gasteiger charge is -2.10. The topological polar surface area (TPSA) is 84.9 Å². The van der Waals surface area contributed by atoms with E-state index in [1.807, 2.05) is 37.8 Å². The quantitative estimate of drug-likeness (QED) is 0.269. The summed E-state index contributed by atoms with van der Waals surface area (Å²) >= 11 is 2.94. The molecule has 0 spiro atoms. The number of hydrogen-bond donors (Lipinski definition) is 1. The first kappa shape index (κ1) is 17.4. The molecule has 0 unspecified atom stereocenters. The van der Waals surface area contributed by atoms with Crippen molar-refractivity contribution in [1.82, 2.24) is 10.2 Å². The zero-order valence-corrected chi connectivity index (χ0v) is 14.7. The van der Waals surface area contributed by atoms with E-state index in [0.717, 1.165) is 16.8 Å². The Hall–Kier alpha value is -2.00. The number of ether oxygens (including phenoxy) is 1. The minimum absolute atomic E-state index is 0.386. The monoisotopic (exact) mass is 351 g/mol. The molecule has 1 aromatic heterocycles. The number of anilines is 1. The summed E-state index contributed by atoms with van der Waals surface area (Å²) in [5.41, 5.74) is 2.38. The van der Waals surface area contributed by atoms with E-state index in [2.05, 4.69) is 32.4 Å². The van der Waals surface area contributed by atoms with E-state index in [0.29, 0.717) is 23.0 Å². The molecule has 0 fully saturated rings. The molecule has 1 heterocycles. The van der Waals surface area contributed by atoms with Gasteiger partial charge in [-0.1, -0.05) is 11.8 Å². The van der Waals surface area contributed by atoms with Crippen LogP contribution in [0, 0.1) is 0 Å². The lowest BCUT2D eigenvalue weighted by molar-refractivity contribution is 0.381. The average molecular weight is 351 g/mol. The summed E-state index contributed by atoms with van der Waals surface area (Å²) in [6, 6.07) is 5.68. The first-order valence-corrected chi connectivity index (χ1v) is 9.20. The van der Waals surface area contributed by atoms with Gasteiger partial charge in [0.2, 0.25) is 11.8 Å². The first-order chi connectivity index (χ1) is 11.2. The van der Waals surface area contributed by atoms with Gasteiger partial charge in [-0.2, -0.15) is 5.10 Å². The number of thioether (sulfide) groups is 2. The van der Waals surface area contributed by atoms with Crippen LogP contribution < -0.4 is 5.32 Å². The molecular formula is C14H17N5O2S2. The van der Waals surface area contributed by atoms with E-state index < -0.39 is 0 Å². The summed E-state index contributed by atoms with van der Waals surface area (Å²) in [5, 5.41) is 19.1. The lowest BCUT2D eigenvalue weighted by Crippen LogP contribution is -2.07. The molecule has 2 aromatic rings. The molecule has 0 amide bonds. The Morgan fingerprint density at radius 1 is 1.35 bits per heavy atom. The van der Waals surface area contributed by atoms with Crippen LogP contribution in [0.1, 0.15) is 5.56 Å². The van der Waals surface area contributed by atoms with Crippen LogP contribution in [-0.2, 0) is 4.74 Å². The molecule has 2 rings (SSSR count). The molecule has 0 saturated heterocycles. The average Bonchev–Trinajstić information content (AvgIpc) is 3.07. The van der Waals surface area contributed by atoms with Gasteiger partial charge in [-0.25, -0.2) is 0 Å². The van der Waals surface area contributed by atoms with Crippen LogP contribution in [0.25, 0.3) is 11.5 Å². The number of aromatic nitrogens is 2. The van der Waals surface area contributed by atoms with Gasteiger partial charge in [0.15, 0.2) is 0 Å². The number of hydrogen-bond acceptors (Lipinski definition) is 9. The van der Waals surface area contributed by atoms with E-state index in [-0.39, 0.29) is 0 Å². The zero-order valence-electron chi connectivity index (χ0n) is 13.1. The van der Waals surface area contributed by atoms with Gasteiger partial charge in [0, 0.05) is 30.6 Å². The molecule has 0 saturated carbocycles. The molecule has 0 bridgehead atoms. The molecule has 1 N–H and O–H groups in total. The molecule has 0 aliphatic carbocycles. The maximum absolute atomic E-state index is 5.62. The Balaban J connectivity index is 2.45. The molecule has 0 radical (unpaired) electrons. The number of nitrogens with zero attached hydrogens (tertiary/aromatic N) is 4. The molecule has 23 heavy (non-hydrogen) atoms. The normalized spacial score (nSPS) is 11.3. The smallest absolute Gasteiger partial charge is 0.276 e. The highest BCUT2D eigenvalue weighted by molar-refractivity contribution is 7.98. The highest BCUT2D eigenvalue weighted by Crippen LogP contribution is 2.26. The van der Waals surface area contributed by atoms with Crippen molar-refractivity contribution >= 4 is 41.8 Å². The van der Waals surface area contributed by atoms with Crippen LogP contribution in [0.4, 0.5) is 5.69 Å². The second-order valence-electron chi connectivity index (χ2n) is 4.22. The third-order valence-electron chi connectivity index (χ3n) is 2.77. The SMILES string of the molecule is C=N/N=C(\OCSC)c1cc(NC)cc(-c2nnc(SC)o2)c1. The molecule has 122 valence electrons. The highest BCUT2D eigenvalue weighted by atomic mass is 32.2. The minimum atomic E-state index is 0.386. The largest absolute Gasteiger partial charge is 0.465 e. The van der Waals surface area contributed by atoms with Crippen LogP contribution >= 0.6 is 23.5 Å². The minimum Gasteiger partial charge on any atom is -0.465 e. The van der Waals surface area contributed by atoms with Gasteiger partial charge >= 0.3 is 0 Å². The van der Waals surface area contributed by atoms with E-state index in [4.69, 9.17) is 9.15 Å². The third-order valence-corrected chi connectivity index (χ3v) is 3.64. The molecule has 0 aliphatic rings. The summed E-state index contributed by atoms with van der Waals surface area (Å²) in [7, 11) is 1.83. The van der Waals surface area contributed by atoms with Gasteiger partial charge in [0.25, 0.3) is 5.22 Å². The number of benzene rings is 1. The predicted octanol–water partition coefficient (Wildman–Crippen LogP) is 3.20. The van der Waals surface area contributed by atoms with E-state index in [1.165, 1.54) is 11.8 Å². The van der Waals surface area contributed by atoms with Crippen molar-refractivity contribution < 1.29 is 9.15 Å². The molecule has 0 aliphatic heterocycles. The van der Waals surface area contributed by atoms with E-state index in [9.17, 15) is 0 Å². The lowest BCUT2D eigenvalue weighted by atomic mass is 10.1. The van der Waals surface area contributed by atoms with Gasteiger partial charge in [0.05, 0.1) is 0 Å². The van der Waals surface area contributed by atoms with Gasteiger partial charge in [-0.05, 0) is 30.7 Å². The van der Waals surface area contributed by atoms with Crippen LogP contribution in [0.5, 0.6) is 0 Å². The van der Waals surface area contributed by atoms with E-state index >= 15 is 0 Å². The fourth-order valence-corrected chi connectivity index (χ4v) is 2.29. The summed E-state index contributed by atoms with van der Waals surface area (Å²) in [6.45, 7) is 3.39. The second kappa shape index (κ2) is 8.59.